The number of nitrogens with one attached hydrogen (secondary N) is 1. The fourth-order valence-corrected chi connectivity index (χ4v) is 2.11. The molecule has 1 atom stereocenters. The zero-order chi connectivity index (χ0) is 12.1. The molecule has 0 aliphatic rings. The molecule has 1 heterocycles. The Kier molecular flexibility index (Phi) is 4.07. The minimum atomic E-state index is 0.286. The second kappa shape index (κ2) is 5.75. The lowest BCUT2D eigenvalue weighted by molar-refractivity contribution is 0.184. The minimum Gasteiger partial charge on any atom is -0.385 e. The number of pyridine rings is 1. The van der Waals surface area contributed by atoms with E-state index in [4.69, 9.17) is 4.74 Å². The Hall–Kier alpha value is -1.45. The molecule has 0 saturated heterocycles. The molecule has 2 aromatic rings. The third-order valence-electron chi connectivity index (χ3n) is 3.03. The number of rotatable bonds is 5. The Labute approximate surface area is 102 Å². The van der Waals surface area contributed by atoms with Crippen LogP contribution in [0.1, 0.15) is 18.0 Å². The van der Waals surface area contributed by atoms with Gasteiger partial charge in [0.1, 0.15) is 0 Å². The van der Waals surface area contributed by atoms with Gasteiger partial charge in [0.25, 0.3) is 0 Å². The number of benzene rings is 1. The summed E-state index contributed by atoms with van der Waals surface area (Å²) < 4.78 is 5.15. The van der Waals surface area contributed by atoms with Gasteiger partial charge in [0.2, 0.25) is 0 Å². The van der Waals surface area contributed by atoms with Crippen LogP contribution in [0.3, 0.4) is 0 Å². The Morgan fingerprint density at radius 3 is 2.88 bits per heavy atom. The Balaban J connectivity index is 2.38. The lowest BCUT2D eigenvalue weighted by atomic mass is 10.00. The topological polar surface area (TPSA) is 34.1 Å². The van der Waals surface area contributed by atoms with E-state index in [-0.39, 0.29) is 6.04 Å². The maximum absolute atomic E-state index is 5.15. The predicted octanol–water partition coefficient (Wildman–Crippen LogP) is 2.53. The summed E-state index contributed by atoms with van der Waals surface area (Å²) in [6.07, 6.45) is 4.80. The molecule has 0 radical (unpaired) electrons. The highest BCUT2D eigenvalue weighted by atomic mass is 16.5. The molecule has 2 rings (SSSR count). The largest absolute Gasteiger partial charge is 0.385 e. The molecule has 90 valence electrons. The standard InChI is InChI=1S/C14H18N2O/c1-15-14(7-8-17-2)13-10-16-9-11-5-3-4-6-12(11)13/h3-6,9-10,14-15H,7-8H2,1-2H3. The van der Waals surface area contributed by atoms with Crippen molar-refractivity contribution in [2.75, 3.05) is 20.8 Å². The molecule has 0 amide bonds. The van der Waals surface area contributed by atoms with Crippen LogP contribution in [0.25, 0.3) is 10.8 Å². The van der Waals surface area contributed by atoms with Gasteiger partial charge in [0.15, 0.2) is 0 Å². The van der Waals surface area contributed by atoms with Gasteiger partial charge in [0, 0.05) is 37.5 Å². The first-order valence-electron chi connectivity index (χ1n) is 5.85. The average molecular weight is 230 g/mol. The first-order chi connectivity index (χ1) is 8.36. The van der Waals surface area contributed by atoms with Gasteiger partial charge in [-0.3, -0.25) is 4.98 Å². The highest BCUT2D eigenvalue weighted by Crippen LogP contribution is 2.24. The number of aromatic nitrogens is 1. The van der Waals surface area contributed by atoms with Crippen molar-refractivity contribution in [3.8, 4) is 0 Å². The number of nitrogens with zero attached hydrogens (tertiary/aromatic N) is 1. The second-order valence-corrected chi connectivity index (χ2v) is 4.07. The Morgan fingerprint density at radius 1 is 1.29 bits per heavy atom. The lowest BCUT2D eigenvalue weighted by Gasteiger charge is -2.17. The van der Waals surface area contributed by atoms with Gasteiger partial charge in [-0.1, -0.05) is 24.3 Å². The van der Waals surface area contributed by atoms with E-state index >= 15 is 0 Å². The van der Waals surface area contributed by atoms with Crippen molar-refractivity contribution < 1.29 is 4.74 Å². The maximum atomic E-state index is 5.15. The molecule has 0 fully saturated rings. The van der Waals surface area contributed by atoms with Gasteiger partial charge < -0.3 is 10.1 Å². The smallest absolute Gasteiger partial charge is 0.0480 e. The molecule has 17 heavy (non-hydrogen) atoms. The van der Waals surface area contributed by atoms with Crippen LogP contribution in [0, 0.1) is 0 Å². The summed E-state index contributed by atoms with van der Waals surface area (Å²) in [6, 6.07) is 8.62. The molecule has 0 spiro atoms. The van der Waals surface area contributed by atoms with Crippen LogP contribution in [0.5, 0.6) is 0 Å². The molecule has 1 aromatic heterocycles. The average Bonchev–Trinajstić information content (AvgIpc) is 2.40. The summed E-state index contributed by atoms with van der Waals surface area (Å²) in [6.45, 7) is 0.745. The molecule has 0 aliphatic heterocycles. The van der Waals surface area contributed by atoms with Crippen molar-refractivity contribution >= 4 is 10.8 Å². The van der Waals surface area contributed by atoms with Gasteiger partial charge in [-0.05, 0) is 24.4 Å². The summed E-state index contributed by atoms with van der Waals surface area (Å²) in [7, 11) is 3.70. The van der Waals surface area contributed by atoms with E-state index in [2.05, 4.69) is 28.5 Å². The van der Waals surface area contributed by atoms with Crippen LogP contribution in [-0.4, -0.2) is 25.7 Å². The molecule has 3 nitrogen and oxygen atoms in total. The highest BCUT2D eigenvalue weighted by Gasteiger charge is 2.12. The van der Waals surface area contributed by atoms with Gasteiger partial charge in [-0.25, -0.2) is 0 Å². The van der Waals surface area contributed by atoms with Gasteiger partial charge >= 0.3 is 0 Å². The van der Waals surface area contributed by atoms with Crippen molar-refractivity contribution in [1.82, 2.24) is 10.3 Å². The van der Waals surface area contributed by atoms with Crippen LogP contribution in [0.15, 0.2) is 36.7 Å². The molecule has 0 saturated carbocycles. The zero-order valence-corrected chi connectivity index (χ0v) is 10.3. The van der Waals surface area contributed by atoms with Crippen LogP contribution < -0.4 is 5.32 Å². The third kappa shape index (κ3) is 2.62. The van der Waals surface area contributed by atoms with Gasteiger partial charge in [-0.2, -0.15) is 0 Å². The van der Waals surface area contributed by atoms with Gasteiger partial charge in [-0.15, -0.1) is 0 Å². The third-order valence-corrected chi connectivity index (χ3v) is 3.03. The Morgan fingerprint density at radius 2 is 2.12 bits per heavy atom. The second-order valence-electron chi connectivity index (χ2n) is 4.07. The molecule has 1 unspecified atom stereocenters. The molecule has 0 aliphatic carbocycles. The fourth-order valence-electron chi connectivity index (χ4n) is 2.11. The first kappa shape index (κ1) is 12.0. The number of hydrogen-bond donors (Lipinski definition) is 1. The normalized spacial score (nSPS) is 12.8. The van der Waals surface area contributed by atoms with E-state index in [1.807, 2.05) is 25.5 Å². The SMILES string of the molecule is CNC(CCOC)c1cncc2ccccc12. The van der Waals surface area contributed by atoms with Crippen molar-refractivity contribution in [1.29, 1.82) is 0 Å². The predicted molar refractivity (Wildman–Crippen MR) is 70.0 cm³/mol. The van der Waals surface area contributed by atoms with E-state index in [1.165, 1.54) is 16.3 Å². The zero-order valence-electron chi connectivity index (χ0n) is 10.3. The van der Waals surface area contributed by atoms with Crippen LogP contribution >= 0.6 is 0 Å². The molecule has 3 heteroatoms. The monoisotopic (exact) mass is 230 g/mol. The fraction of sp³-hybridized carbons (Fsp3) is 0.357. The van der Waals surface area contributed by atoms with Crippen LogP contribution in [0.4, 0.5) is 0 Å². The summed E-state index contributed by atoms with van der Waals surface area (Å²) in [4.78, 5) is 4.31. The summed E-state index contributed by atoms with van der Waals surface area (Å²) in [5, 5.41) is 5.77. The van der Waals surface area contributed by atoms with E-state index in [0.29, 0.717) is 0 Å². The number of fused-ring (bicyclic) bond motifs is 1. The molecular formula is C14H18N2O. The van der Waals surface area contributed by atoms with Crippen molar-refractivity contribution in [2.24, 2.45) is 0 Å². The molecule has 1 N–H and O–H groups in total. The van der Waals surface area contributed by atoms with E-state index < -0.39 is 0 Å². The quantitative estimate of drug-likeness (QED) is 0.857. The van der Waals surface area contributed by atoms with E-state index in [9.17, 15) is 0 Å². The lowest BCUT2D eigenvalue weighted by Crippen LogP contribution is -2.18. The summed E-state index contributed by atoms with van der Waals surface area (Å²) in [5.74, 6) is 0. The van der Waals surface area contributed by atoms with Crippen molar-refractivity contribution in [3.63, 3.8) is 0 Å². The number of hydrogen-bond acceptors (Lipinski definition) is 3. The molecular weight excluding hydrogens is 212 g/mol. The van der Waals surface area contributed by atoms with E-state index in [0.717, 1.165) is 13.0 Å². The number of methoxy groups -OCH3 is 1. The first-order valence-corrected chi connectivity index (χ1v) is 5.85. The van der Waals surface area contributed by atoms with Crippen LogP contribution in [-0.2, 0) is 4.74 Å². The minimum absolute atomic E-state index is 0.286. The van der Waals surface area contributed by atoms with Crippen molar-refractivity contribution in [2.45, 2.75) is 12.5 Å². The van der Waals surface area contributed by atoms with Crippen molar-refractivity contribution in [3.05, 3.63) is 42.2 Å². The maximum Gasteiger partial charge on any atom is 0.0480 e. The summed E-state index contributed by atoms with van der Waals surface area (Å²) in [5.41, 5.74) is 1.24. The van der Waals surface area contributed by atoms with E-state index in [1.54, 1.807) is 7.11 Å². The molecule has 1 aromatic carbocycles. The van der Waals surface area contributed by atoms with Gasteiger partial charge in [0.05, 0.1) is 0 Å². The van der Waals surface area contributed by atoms with Crippen LogP contribution in [0.2, 0.25) is 0 Å². The Bertz CT molecular complexity index is 479. The highest BCUT2D eigenvalue weighted by molar-refractivity contribution is 5.85. The number of ether oxygens (including phenoxy) is 1. The summed E-state index contributed by atoms with van der Waals surface area (Å²) >= 11 is 0. The molecule has 0 bridgehead atoms.